The van der Waals surface area contributed by atoms with E-state index in [1.165, 1.54) is 0 Å². The molecule has 0 spiro atoms. The molecule has 0 radical (unpaired) electrons. The summed E-state index contributed by atoms with van der Waals surface area (Å²) in [4.78, 5) is 11.3. The minimum absolute atomic E-state index is 0.0347. The van der Waals surface area contributed by atoms with Gasteiger partial charge in [0, 0.05) is 12.5 Å². The summed E-state index contributed by atoms with van der Waals surface area (Å²) < 4.78 is 5.16. The standard InChI is InChI=1S/C10H21NO2/c1-7(8(2)11)6-9(12)13-10(3,4)5/h7-8H,6,11H2,1-5H3. The largest absolute Gasteiger partial charge is 0.460 e. The molecule has 0 fully saturated rings. The van der Waals surface area contributed by atoms with E-state index in [0.29, 0.717) is 6.42 Å². The maximum Gasteiger partial charge on any atom is 0.306 e. The fourth-order valence-corrected chi connectivity index (χ4v) is 0.832. The van der Waals surface area contributed by atoms with Crippen LogP contribution in [0.1, 0.15) is 41.0 Å². The SMILES string of the molecule is CC(N)C(C)CC(=O)OC(C)(C)C. The molecular formula is C10H21NO2. The van der Waals surface area contributed by atoms with Crippen LogP contribution < -0.4 is 5.73 Å². The molecular weight excluding hydrogens is 166 g/mol. The van der Waals surface area contributed by atoms with Gasteiger partial charge in [-0.2, -0.15) is 0 Å². The molecule has 0 aliphatic heterocycles. The van der Waals surface area contributed by atoms with Gasteiger partial charge in [0.05, 0.1) is 0 Å². The number of esters is 1. The van der Waals surface area contributed by atoms with E-state index in [4.69, 9.17) is 10.5 Å². The molecule has 2 N–H and O–H groups in total. The van der Waals surface area contributed by atoms with Crippen LogP contribution in [0.25, 0.3) is 0 Å². The zero-order valence-electron chi connectivity index (χ0n) is 9.26. The lowest BCUT2D eigenvalue weighted by molar-refractivity contribution is -0.155. The van der Waals surface area contributed by atoms with Gasteiger partial charge in [0.25, 0.3) is 0 Å². The molecule has 0 aromatic rings. The number of carbonyl (C=O) groups is 1. The Kier molecular flexibility index (Phi) is 4.40. The average Bonchev–Trinajstić information content (AvgIpc) is 1.81. The van der Waals surface area contributed by atoms with Gasteiger partial charge >= 0.3 is 5.97 Å². The Hall–Kier alpha value is -0.570. The summed E-state index contributed by atoms with van der Waals surface area (Å²) in [6, 6.07) is 0.0347. The molecule has 0 heterocycles. The summed E-state index contributed by atoms with van der Waals surface area (Å²) in [5, 5.41) is 0. The Morgan fingerprint density at radius 1 is 1.38 bits per heavy atom. The number of hydrogen-bond acceptors (Lipinski definition) is 3. The van der Waals surface area contributed by atoms with Crippen LogP contribution in [0.4, 0.5) is 0 Å². The van der Waals surface area contributed by atoms with Gasteiger partial charge in [0.15, 0.2) is 0 Å². The smallest absolute Gasteiger partial charge is 0.306 e. The van der Waals surface area contributed by atoms with Gasteiger partial charge < -0.3 is 10.5 Å². The first-order valence-corrected chi connectivity index (χ1v) is 4.70. The Morgan fingerprint density at radius 2 is 1.85 bits per heavy atom. The molecule has 3 nitrogen and oxygen atoms in total. The molecule has 0 bridgehead atoms. The molecule has 0 saturated heterocycles. The second-order valence-electron chi connectivity index (χ2n) is 4.63. The van der Waals surface area contributed by atoms with Crippen LogP contribution in [0.3, 0.4) is 0 Å². The minimum Gasteiger partial charge on any atom is -0.460 e. The third-order valence-electron chi connectivity index (χ3n) is 1.81. The Balaban J connectivity index is 3.89. The number of ether oxygens (including phenoxy) is 1. The van der Waals surface area contributed by atoms with Crippen molar-refractivity contribution in [2.75, 3.05) is 0 Å². The maximum absolute atomic E-state index is 11.3. The topological polar surface area (TPSA) is 52.3 Å². The van der Waals surface area contributed by atoms with Crippen LogP contribution in [0.15, 0.2) is 0 Å². The van der Waals surface area contributed by atoms with Crippen LogP contribution in [0, 0.1) is 5.92 Å². The third-order valence-corrected chi connectivity index (χ3v) is 1.81. The van der Waals surface area contributed by atoms with Gasteiger partial charge in [-0.15, -0.1) is 0 Å². The molecule has 2 unspecified atom stereocenters. The second kappa shape index (κ2) is 4.61. The first-order chi connectivity index (χ1) is 5.72. The van der Waals surface area contributed by atoms with Crippen molar-refractivity contribution in [2.24, 2.45) is 11.7 Å². The monoisotopic (exact) mass is 187 g/mol. The molecule has 2 atom stereocenters. The Labute approximate surface area is 80.6 Å². The van der Waals surface area contributed by atoms with Crippen molar-refractivity contribution in [2.45, 2.75) is 52.7 Å². The van der Waals surface area contributed by atoms with Gasteiger partial charge in [-0.25, -0.2) is 0 Å². The third kappa shape index (κ3) is 6.58. The summed E-state index contributed by atoms with van der Waals surface area (Å²) in [5.74, 6) is 0.00662. The first kappa shape index (κ1) is 12.4. The van der Waals surface area contributed by atoms with Crippen LogP contribution in [0.2, 0.25) is 0 Å². The highest BCUT2D eigenvalue weighted by Crippen LogP contribution is 2.12. The van der Waals surface area contributed by atoms with E-state index in [2.05, 4.69) is 0 Å². The molecule has 3 heteroatoms. The molecule has 78 valence electrons. The van der Waals surface area contributed by atoms with Crippen molar-refractivity contribution in [1.82, 2.24) is 0 Å². The normalized spacial score (nSPS) is 16.5. The van der Waals surface area contributed by atoms with Crippen molar-refractivity contribution in [3.05, 3.63) is 0 Å². The van der Waals surface area contributed by atoms with Crippen molar-refractivity contribution in [3.8, 4) is 0 Å². The fourth-order valence-electron chi connectivity index (χ4n) is 0.832. The van der Waals surface area contributed by atoms with E-state index >= 15 is 0 Å². The quantitative estimate of drug-likeness (QED) is 0.684. The molecule has 0 saturated carbocycles. The van der Waals surface area contributed by atoms with Crippen molar-refractivity contribution >= 4 is 5.97 Å². The van der Waals surface area contributed by atoms with Crippen LogP contribution in [-0.2, 0) is 9.53 Å². The van der Waals surface area contributed by atoms with E-state index < -0.39 is 5.60 Å². The van der Waals surface area contributed by atoms with E-state index in [0.717, 1.165) is 0 Å². The van der Waals surface area contributed by atoms with E-state index in [9.17, 15) is 4.79 Å². The average molecular weight is 187 g/mol. The van der Waals surface area contributed by atoms with Crippen molar-refractivity contribution in [1.29, 1.82) is 0 Å². The summed E-state index contributed by atoms with van der Waals surface area (Å²) in [5.41, 5.74) is 5.25. The zero-order valence-corrected chi connectivity index (χ0v) is 9.26. The van der Waals surface area contributed by atoms with Crippen LogP contribution in [0.5, 0.6) is 0 Å². The molecule has 0 aromatic heterocycles. The van der Waals surface area contributed by atoms with Gasteiger partial charge in [-0.05, 0) is 33.6 Å². The van der Waals surface area contributed by atoms with Gasteiger partial charge in [-0.1, -0.05) is 6.92 Å². The molecule has 13 heavy (non-hydrogen) atoms. The fraction of sp³-hybridized carbons (Fsp3) is 0.900. The summed E-state index contributed by atoms with van der Waals surface area (Å²) in [7, 11) is 0. The number of carbonyl (C=O) groups excluding carboxylic acids is 1. The van der Waals surface area contributed by atoms with Crippen molar-refractivity contribution in [3.63, 3.8) is 0 Å². The van der Waals surface area contributed by atoms with E-state index in [-0.39, 0.29) is 17.9 Å². The molecule has 0 aliphatic carbocycles. The summed E-state index contributed by atoms with van der Waals surface area (Å²) in [6.45, 7) is 9.44. The highest BCUT2D eigenvalue weighted by atomic mass is 16.6. The second-order valence-corrected chi connectivity index (χ2v) is 4.63. The van der Waals surface area contributed by atoms with Gasteiger partial charge in [0.2, 0.25) is 0 Å². The lowest BCUT2D eigenvalue weighted by Gasteiger charge is -2.21. The molecule has 0 aliphatic rings. The number of hydrogen-bond donors (Lipinski definition) is 1. The van der Waals surface area contributed by atoms with Crippen LogP contribution >= 0.6 is 0 Å². The molecule has 0 rings (SSSR count). The molecule has 0 aromatic carbocycles. The summed E-state index contributed by atoms with van der Waals surface area (Å²) in [6.07, 6.45) is 0.398. The number of nitrogens with two attached hydrogens (primary N) is 1. The predicted octanol–water partition coefficient (Wildman–Crippen LogP) is 1.70. The predicted molar refractivity (Wildman–Crippen MR) is 53.3 cm³/mol. The van der Waals surface area contributed by atoms with Crippen LogP contribution in [-0.4, -0.2) is 17.6 Å². The van der Waals surface area contributed by atoms with Gasteiger partial charge in [-0.3, -0.25) is 4.79 Å². The highest BCUT2D eigenvalue weighted by molar-refractivity contribution is 5.70. The Morgan fingerprint density at radius 3 is 2.15 bits per heavy atom. The van der Waals surface area contributed by atoms with Gasteiger partial charge in [0.1, 0.15) is 5.60 Å². The van der Waals surface area contributed by atoms with Crippen molar-refractivity contribution < 1.29 is 9.53 Å². The zero-order chi connectivity index (χ0) is 10.6. The highest BCUT2D eigenvalue weighted by Gasteiger charge is 2.19. The number of rotatable bonds is 3. The summed E-state index contributed by atoms with van der Waals surface area (Å²) >= 11 is 0. The first-order valence-electron chi connectivity index (χ1n) is 4.70. The lowest BCUT2D eigenvalue weighted by Crippen LogP contribution is -2.30. The molecule has 0 amide bonds. The lowest BCUT2D eigenvalue weighted by atomic mass is 10.0. The van der Waals surface area contributed by atoms with E-state index in [1.54, 1.807) is 0 Å². The Bertz CT molecular complexity index is 170. The minimum atomic E-state index is -0.394. The maximum atomic E-state index is 11.3. The van der Waals surface area contributed by atoms with E-state index in [1.807, 2.05) is 34.6 Å².